The topological polar surface area (TPSA) is 59.5 Å². The lowest BCUT2D eigenvalue weighted by molar-refractivity contribution is -0.148. The molecule has 1 fully saturated rings. The lowest BCUT2D eigenvalue weighted by Gasteiger charge is -2.28. The molecule has 0 aromatic carbocycles. The van der Waals surface area contributed by atoms with Crippen LogP contribution >= 0.6 is 0 Å². The van der Waals surface area contributed by atoms with Crippen LogP contribution in [0.25, 0.3) is 0 Å². The summed E-state index contributed by atoms with van der Waals surface area (Å²) in [5, 5.41) is 0. The Morgan fingerprint density at radius 2 is 2.10 bits per heavy atom. The Balaban J connectivity index is 1.94. The van der Waals surface area contributed by atoms with E-state index >= 15 is 0 Å². The minimum Gasteiger partial charge on any atom is -0.468 e. The second-order valence-electron chi connectivity index (χ2n) is 5.36. The van der Waals surface area contributed by atoms with E-state index in [2.05, 4.69) is 4.98 Å². The smallest absolute Gasteiger partial charge is 0.325 e. The summed E-state index contributed by atoms with van der Waals surface area (Å²) >= 11 is 0. The number of aromatic nitrogens is 1. The van der Waals surface area contributed by atoms with E-state index in [1.54, 1.807) is 11.1 Å². The molecular weight excluding hydrogens is 268 g/mol. The van der Waals surface area contributed by atoms with Crippen LogP contribution in [0, 0.1) is 0 Å². The molecule has 114 valence electrons. The Morgan fingerprint density at radius 3 is 2.71 bits per heavy atom. The van der Waals surface area contributed by atoms with Crippen molar-refractivity contribution < 1.29 is 14.3 Å². The Hall–Kier alpha value is -1.91. The van der Waals surface area contributed by atoms with E-state index in [0.29, 0.717) is 12.8 Å². The Bertz CT molecular complexity index is 470. The maximum Gasteiger partial charge on any atom is 0.325 e. The average Bonchev–Trinajstić information content (AvgIpc) is 3.05. The highest BCUT2D eigenvalue weighted by atomic mass is 16.5. The number of esters is 1. The fourth-order valence-corrected chi connectivity index (χ4v) is 2.77. The number of carbonyl (C=O) groups excluding carboxylic acids is 2. The number of methoxy groups -OCH3 is 1. The van der Waals surface area contributed by atoms with Crippen LogP contribution in [-0.2, 0) is 20.7 Å². The van der Waals surface area contributed by atoms with Gasteiger partial charge in [-0.1, -0.05) is 18.9 Å². The van der Waals surface area contributed by atoms with Gasteiger partial charge in [0.15, 0.2) is 0 Å². The van der Waals surface area contributed by atoms with Gasteiger partial charge in [0, 0.05) is 24.4 Å². The molecule has 21 heavy (non-hydrogen) atoms. The van der Waals surface area contributed by atoms with E-state index in [4.69, 9.17) is 4.74 Å². The molecule has 5 nitrogen and oxygen atoms in total. The van der Waals surface area contributed by atoms with E-state index in [1.165, 1.54) is 7.11 Å². The molecule has 0 unspecified atom stereocenters. The van der Waals surface area contributed by atoms with Crippen molar-refractivity contribution in [2.24, 2.45) is 0 Å². The van der Waals surface area contributed by atoms with Gasteiger partial charge in [-0.3, -0.25) is 14.6 Å². The molecule has 1 aliphatic carbocycles. The van der Waals surface area contributed by atoms with Crippen molar-refractivity contribution in [2.45, 2.75) is 44.6 Å². The van der Waals surface area contributed by atoms with Gasteiger partial charge in [0.05, 0.1) is 7.11 Å². The van der Waals surface area contributed by atoms with Crippen molar-refractivity contribution in [1.29, 1.82) is 0 Å². The molecule has 5 heteroatoms. The van der Waals surface area contributed by atoms with Crippen LogP contribution in [0.3, 0.4) is 0 Å². The molecule has 0 saturated heterocycles. The number of carbonyl (C=O) groups is 2. The first-order valence-electron chi connectivity index (χ1n) is 7.47. The Morgan fingerprint density at radius 1 is 1.33 bits per heavy atom. The molecular formula is C16H22N2O3. The molecule has 0 N–H and O–H groups in total. The highest BCUT2D eigenvalue weighted by molar-refractivity contribution is 5.82. The van der Waals surface area contributed by atoms with Gasteiger partial charge in [0.25, 0.3) is 0 Å². The summed E-state index contributed by atoms with van der Waals surface area (Å²) in [6.45, 7) is 0.0578. The first-order valence-corrected chi connectivity index (χ1v) is 7.47. The summed E-state index contributed by atoms with van der Waals surface area (Å²) in [6, 6.07) is 5.86. The number of pyridine rings is 1. The molecule has 0 radical (unpaired) electrons. The summed E-state index contributed by atoms with van der Waals surface area (Å²) in [4.78, 5) is 29.9. The van der Waals surface area contributed by atoms with Crippen LogP contribution in [0.2, 0.25) is 0 Å². The Kier molecular flexibility index (Phi) is 5.72. The number of hydrogen-bond donors (Lipinski definition) is 0. The van der Waals surface area contributed by atoms with Crippen molar-refractivity contribution in [3.8, 4) is 0 Å². The number of rotatable bonds is 6. The van der Waals surface area contributed by atoms with Gasteiger partial charge >= 0.3 is 5.97 Å². The molecule has 1 aliphatic rings. The molecule has 1 heterocycles. The van der Waals surface area contributed by atoms with Crippen molar-refractivity contribution in [3.63, 3.8) is 0 Å². The summed E-state index contributed by atoms with van der Waals surface area (Å²) < 4.78 is 4.71. The molecule has 1 aromatic heterocycles. The largest absolute Gasteiger partial charge is 0.468 e. The second kappa shape index (κ2) is 7.76. The zero-order valence-electron chi connectivity index (χ0n) is 12.5. The summed E-state index contributed by atoms with van der Waals surface area (Å²) in [5.41, 5.74) is 0.898. The van der Waals surface area contributed by atoms with Crippen LogP contribution in [0.5, 0.6) is 0 Å². The van der Waals surface area contributed by atoms with Crippen LogP contribution in [0.4, 0.5) is 0 Å². The van der Waals surface area contributed by atoms with Crippen molar-refractivity contribution >= 4 is 11.9 Å². The molecule has 0 aliphatic heterocycles. The molecule has 0 bridgehead atoms. The monoisotopic (exact) mass is 290 g/mol. The van der Waals surface area contributed by atoms with Gasteiger partial charge in [-0.15, -0.1) is 0 Å². The minimum atomic E-state index is -0.354. The van der Waals surface area contributed by atoms with Crippen molar-refractivity contribution in [2.75, 3.05) is 13.7 Å². The van der Waals surface area contributed by atoms with Crippen molar-refractivity contribution in [1.82, 2.24) is 9.88 Å². The van der Waals surface area contributed by atoms with Gasteiger partial charge in [0.1, 0.15) is 6.54 Å². The van der Waals surface area contributed by atoms with E-state index in [-0.39, 0.29) is 24.5 Å². The zero-order chi connectivity index (χ0) is 15.1. The van der Waals surface area contributed by atoms with Gasteiger partial charge < -0.3 is 9.64 Å². The quantitative estimate of drug-likeness (QED) is 0.751. The minimum absolute atomic E-state index is 0.0120. The number of amides is 1. The SMILES string of the molecule is COC(=O)CN(C(=O)CCc1ccccn1)C1CCCC1. The first-order chi connectivity index (χ1) is 10.2. The lowest BCUT2D eigenvalue weighted by atomic mass is 10.1. The zero-order valence-corrected chi connectivity index (χ0v) is 12.5. The third-order valence-corrected chi connectivity index (χ3v) is 3.93. The molecule has 0 atom stereocenters. The first kappa shape index (κ1) is 15.5. The van der Waals surface area contributed by atoms with E-state index in [9.17, 15) is 9.59 Å². The maximum atomic E-state index is 12.4. The van der Waals surface area contributed by atoms with Gasteiger partial charge in [0.2, 0.25) is 5.91 Å². The van der Waals surface area contributed by atoms with Crippen LogP contribution in [0.1, 0.15) is 37.8 Å². The van der Waals surface area contributed by atoms with Crippen molar-refractivity contribution in [3.05, 3.63) is 30.1 Å². The number of ether oxygens (including phenoxy) is 1. The Labute approximate surface area is 125 Å². The average molecular weight is 290 g/mol. The molecule has 0 spiro atoms. The predicted octanol–water partition coefficient (Wildman–Crippen LogP) is 1.96. The third kappa shape index (κ3) is 4.55. The van der Waals surface area contributed by atoms with E-state index in [1.807, 2.05) is 18.2 Å². The lowest BCUT2D eigenvalue weighted by Crippen LogP contribution is -2.42. The van der Waals surface area contributed by atoms with Crippen LogP contribution in [-0.4, -0.2) is 41.5 Å². The molecule has 2 rings (SSSR count). The van der Waals surface area contributed by atoms with E-state index in [0.717, 1.165) is 31.4 Å². The second-order valence-corrected chi connectivity index (χ2v) is 5.36. The molecule has 1 saturated carbocycles. The van der Waals surface area contributed by atoms with Crippen LogP contribution < -0.4 is 0 Å². The highest BCUT2D eigenvalue weighted by Gasteiger charge is 2.28. The summed E-state index contributed by atoms with van der Waals surface area (Å²) in [5.74, 6) is -0.342. The van der Waals surface area contributed by atoms with Crippen LogP contribution in [0.15, 0.2) is 24.4 Å². The third-order valence-electron chi connectivity index (χ3n) is 3.93. The number of nitrogens with zero attached hydrogens (tertiary/aromatic N) is 2. The highest BCUT2D eigenvalue weighted by Crippen LogP contribution is 2.24. The standard InChI is InChI=1S/C16H22N2O3/c1-21-16(20)12-18(14-7-2-3-8-14)15(19)10-9-13-6-4-5-11-17-13/h4-6,11,14H,2-3,7-10,12H2,1H3. The number of hydrogen-bond acceptors (Lipinski definition) is 4. The van der Waals surface area contributed by atoms with E-state index < -0.39 is 0 Å². The number of aryl methyl sites for hydroxylation is 1. The summed E-state index contributed by atoms with van der Waals surface area (Å²) in [6.07, 6.45) is 6.90. The fraction of sp³-hybridized carbons (Fsp3) is 0.562. The van der Waals surface area contributed by atoms with Gasteiger partial charge in [-0.25, -0.2) is 0 Å². The maximum absolute atomic E-state index is 12.4. The van der Waals surface area contributed by atoms with Gasteiger partial charge in [-0.2, -0.15) is 0 Å². The van der Waals surface area contributed by atoms with Gasteiger partial charge in [-0.05, 0) is 31.4 Å². The molecule has 1 aromatic rings. The summed E-state index contributed by atoms with van der Waals surface area (Å²) in [7, 11) is 1.35. The normalized spacial score (nSPS) is 14.9. The fourth-order valence-electron chi connectivity index (χ4n) is 2.77. The molecule has 1 amide bonds. The predicted molar refractivity (Wildman–Crippen MR) is 78.5 cm³/mol.